The van der Waals surface area contributed by atoms with E-state index in [4.69, 9.17) is 16.3 Å². The topological polar surface area (TPSA) is 39.9 Å². The maximum Gasteiger partial charge on any atom is 0.160 e. The fraction of sp³-hybridized carbons (Fsp3) is 0.538. The molecule has 19 heavy (non-hydrogen) atoms. The molecule has 2 aromatic rings. The highest BCUT2D eigenvalue weighted by Gasteiger charge is 2.17. The SMILES string of the molecule is CCOC(C)Cn1c(C(C)Cl)nc2cc(Br)cnc21. The number of fused-ring (bicyclic) bond motifs is 1. The quantitative estimate of drug-likeness (QED) is 0.770. The van der Waals surface area contributed by atoms with E-state index in [1.54, 1.807) is 6.20 Å². The summed E-state index contributed by atoms with van der Waals surface area (Å²) in [5.74, 6) is 0.828. The highest BCUT2D eigenvalue weighted by Crippen LogP contribution is 2.25. The van der Waals surface area contributed by atoms with Crippen molar-refractivity contribution < 1.29 is 4.74 Å². The van der Waals surface area contributed by atoms with Crippen molar-refractivity contribution in [1.82, 2.24) is 14.5 Å². The second-order valence-electron chi connectivity index (χ2n) is 4.46. The Kier molecular flexibility index (Phi) is 4.81. The van der Waals surface area contributed by atoms with Crippen LogP contribution >= 0.6 is 27.5 Å². The van der Waals surface area contributed by atoms with Gasteiger partial charge in [-0.2, -0.15) is 0 Å². The molecule has 0 bridgehead atoms. The smallest absolute Gasteiger partial charge is 0.160 e. The predicted molar refractivity (Wildman–Crippen MR) is 80.6 cm³/mol. The minimum absolute atomic E-state index is 0.0991. The van der Waals surface area contributed by atoms with Crippen molar-refractivity contribution in [2.45, 2.75) is 38.8 Å². The van der Waals surface area contributed by atoms with E-state index in [0.717, 1.165) is 21.5 Å². The fourth-order valence-electron chi connectivity index (χ4n) is 2.08. The molecule has 0 aliphatic rings. The zero-order valence-electron chi connectivity index (χ0n) is 11.2. The standard InChI is InChI=1S/C13H17BrClN3O/c1-4-19-8(2)7-18-12(9(3)15)17-11-5-10(14)6-16-13(11)18/h5-6,8-9H,4,7H2,1-3H3. The number of ether oxygens (including phenoxy) is 1. The molecule has 0 saturated heterocycles. The van der Waals surface area contributed by atoms with Crippen molar-refractivity contribution in [3.05, 3.63) is 22.6 Å². The molecule has 2 aromatic heterocycles. The summed E-state index contributed by atoms with van der Waals surface area (Å²) in [5, 5.41) is -0.165. The number of imidazole rings is 1. The minimum atomic E-state index is -0.165. The fourth-order valence-corrected chi connectivity index (χ4v) is 2.57. The molecule has 0 aliphatic carbocycles. The molecular weight excluding hydrogens is 330 g/mol. The number of aromatic nitrogens is 3. The number of rotatable bonds is 5. The van der Waals surface area contributed by atoms with E-state index in [-0.39, 0.29) is 11.5 Å². The highest BCUT2D eigenvalue weighted by molar-refractivity contribution is 9.10. The Morgan fingerprint density at radius 1 is 1.47 bits per heavy atom. The van der Waals surface area contributed by atoms with E-state index in [9.17, 15) is 0 Å². The Balaban J connectivity index is 2.46. The van der Waals surface area contributed by atoms with Crippen LogP contribution < -0.4 is 0 Å². The highest BCUT2D eigenvalue weighted by atomic mass is 79.9. The van der Waals surface area contributed by atoms with Crippen LogP contribution in [0.15, 0.2) is 16.7 Å². The van der Waals surface area contributed by atoms with Crippen molar-refractivity contribution in [2.24, 2.45) is 0 Å². The molecule has 2 heterocycles. The van der Waals surface area contributed by atoms with Crippen LogP contribution in [-0.2, 0) is 11.3 Å². The molecule has 0 N–H and O–H groups in total. The van der Waals surface area contributed by atoms with Gasteiger partial charge in [-0.25, -0.2) is 9.97 Å². The van der Waals surface area contributed by atoms with E-state index in [0.29, 0.717) is 13.2 Å². The van der Waals surface area contributed by atoms with Crippen molar-refractivity contribution in [3.8, 4) is 0 Å². The van der Waals surface area contributed by atoms with E-state index in [1.807, 2.05) is 31.4 Å². The molecule has 2 rings (SSSR count). The lowest BCUT2D eigenvalue weighted by molar-refractivity contribution is 0.0641. The maximum absolute atomic E-state index is 6.22. The number of pyridine rings is 1. The third-order valence-electron chi connectivity index (χ3n) is 2.83. The van der Waals surface area contributed by atoms with Crippen LogP contribution in [0.4, 0.5) is 0 Å². The molecule has 104 valence electrons. The van der Waals surface area contributed by atoms with Gasteiger partial charge in [-0.15, -0.1) is 11.6 Å². The average Bonchev–Trinajstić information content (AvgIpc) is 2.67. The molecule has 0 aromatic carbocycles. The van der Waals surface area contributed by atoms with Gasteiger partial charge in [0.15, 0.2) is 5.65 Å². The second-order valence-corrected chi connectivity index (χ2v) is 6.03. The minimum Gasteiger partial charge on any atom is -0.377 e. The lowest BCUT2D eigenvalue weighted by Crippen LogP contribution is -2.18. The molecule has 0 spiro atoms. The first kappa shape index (κ1) is 14.8. The Morgan fingerprint density at radius 3 is 2.84 bits per heavy atom. The summed E-state index contributed by atoms with van der Waals surface area (Å²) in [6.07, 6.45) is 1.87. The van der Waals surface area contributed by atoms with Gasteiger partial charge >= 0.3 is 0 Å². The van der Waals surface area contributed by atoms with Crippen LogP contribution in [-0.4, -0.2) is 27.2 Å². The first-order valence-electron chi connectivity index (χ1n) is 6.30. The van der Waals surface area contributed by atoms with Gasteiger partial charge in [0.05, 0.1) is 18.0 Å². The van der Waals surface area contributed by atoms with Crippen LogP contribution in [0, 0.1) is 0 Å². The lowest BCUT2D eigenvalue weighted by atomic mass is 10.3. The lowest BCUT2D eigenvalue weighted by Gasteiger charge is -2.15. The molecule has 0 saturated carbocycles. The van der Waals surface area contributed by atoms with Crippen molar-refractivity contribution in [3.63, 3.8) is 0 Å². The first-order valence-corrected chi connectivity index (χ1v) is 7.53. The summed E-state index contributed by atoms with van der Waals surface area (Å²) >= 11 is 9.63. The largest absolute Gasteiger partial charge is 0.377 e. The molecule has 0 amide bonds. The van der Waals surface area contributed by atoms with Crippen LogP contribution in [0.1, 0.15) is 32.0 Å². The van der Waals surface area contributed by atoms with E-state index < -0.39 is 0 Å². The molecule has 4 nitrogen and oxygen atoms in total. The maximum atomic E-state index is 6.22. The van der Waals surface area contributed by atoms with Gasteiger partial charge in [-0.3, -0.25) is 0 Å². The third kappa shape index (κ3) is 3.27. The molecule has 0 fully saturated rings. The van der Waals surface area contributed by atoms with Crippen LogP contribution in [0.3, 0.4) is 0 Å². The number of hydrogen-bond acceptors (Lipinski definition) is 3. The molecule has 6 heteroatoms. The zero-order valence-corrected chi connectivity index (χ0v) is 13.6. The van der Waals surface area contributed by atoms with Gasteiger partial charge < -0.3 is 9.30 Å². The van der Waals surface area contributed by atoms with Gasteiger partial charge in [0.25, 0.3) is 0 Å². The number of hydrogen-bond donors (Lipinski definition) is 0. The predicted octanol–water partition coefficient (Wildman–Crippen LogP) is 3.92. The Hall–Kier alpha value is -0.650. The van der Waals surface area contributed by atoms with Gasteiger partial charge in [-0.05, 0) is 42.8 Å². The van der Waals surface area contributed by atoms with Crippen LogP contribution in [0.25, 0.3) is 11.2 Å². The third-order valence-corrected chi connectivity index (χ3v) is 3.46. The summed E-state index contributed by atoms with van der Waals surface area (Å²) in [5.41, 5.74) is 1.69. The Bertz CT molecular complexity index is 570. The number of nitrogens with zero attached hydrogens (tertiary/aromatic N) is 3. The van der Waals surface area contributed by atoms with Gasteiger partial charge in [0, 0.05) is 17.3 Å². The summed E-state index contributed by atoms with van der Waals surface area (Å²) in [6, 6.07) is 1.95. The molecule has 0 aliphatic heterocycles. The van der Waals surface area contributed by atoms with Crippen molar-refractivity contribution >= 4 is 38.7 Å². The summed E-state index contributed by atoms with van der Waals surface area (Å²) in [7, 11) is 0. The normalized spacial score (nSPS) is 14.8. The number of halogens is 2. The van der Waals surface area contributed by atoms with Gasteiger partial charge in [0.1, 0.15) is 11.3 Å². The van der Waals surface area contributed by atoms with E-state index in [1.165, 1.54) is 0 Å². The van der Waals surface area contributed by atoms with Crippen molar-refractivity contribution in [2.75, 3.05) is 6.61 Å². The zero-order chi connectivity index (χ0) is 14.0. The Morgan fingerprint density at radius 2 is 2.21 bits per heavy atom. The molecule has 2 atom stereocenters. The molecular formula is C13H17BrClN3O. The molecule has 2 unspecified atom stereocenters. The first-order chi connectivity index (χ1) is 9.02. The summed E-state index contributed by atoms with van der Waals surface area (Å²) < 4.78 is 8.55. The average molecular weight is 347 g/mol. The number of alkyl halides is 1. The van der Waals surface area contributed by atoms with E-state index in [2.05, 4.69) is 25.9 Å². The second kappa shape index (κ2) is 6.20. The van der Waals surface area contributed by atoms with Gasteiger partial charge in [0.2, 0.25) is 0 Å². The Labute approximate surface area is 126 Å². The molecule has 0 radical (unpaired) electrons. The van der Waals surface area contributed by atoms with E-state index >= 15 is 0 Å². The monoisotopic (exact) mass is 345 g/mol. The van der Waals surface area contributed by atoms with Crippen LogP contribution in [0.2, 0.25) is 0 Å². The van der Waals surface area contributed by atoms with Crippen LogP contribution in [0.5, 0.6) is 0 Å². The van der Waals surface area contributed by atoms with Gasteiger partial charge in [-0.1, -0.05) is 0 Å². The summed E-state index contributed by atoms with van der Waals surface area (Å²) in [6.45, 7) is 7.34. The summed E-state index contributed by atoms with van der Waals surface area (Å²) in [4.78, 5) is 9.01. The van der Waals surface area contributed by atoms with Crippen molar-refractivity contribution in [1.29, 1.82) is 0 Å².